The summed E-state index contributed by atoms with van der Waals surface area (Å²) in [6.07, 6.45) is 0. The number of hydrogen-bond donors (Lipinski definition) is 1. The first-order valence-corrected chi connectivity index (χ1v) is 6.57. The van der Waals surface area contributed by atoms with Gasteiger partial charge in [0.2, 0.25) is 0 Å². The zero-order chi connectivity index (χ0) is 14.4. The lowest BCUT2D eigenvalue weighted by atomic mass is 10.1. The van der Waals surface area contributed by atoms with Crippen molar-refractivity contribution in [1.82, 2.24) is 4.90 Å². The second kappa shape index (κ2) is 6.85. The second-order valence-electron chi connectivity index (χ2n) is 4.96. The Morgan fingerprint density at radius 2 is 1.65 bits per heavy atom. The first kappa shape index (κ1) is 14.3. The number of nitrogens with zero attached hydrogens (tertiary/aromatic N) is 2. The van der Waals surface area contributed by atoms with Crippen LogP contribution in [0.1, 0.15) is 22.3 Å². The Labute approximate surface area is 119 Å². The van der Waals surface area contributed by atoms with Gasteiger partial charge in [-0.1, -0.05) is 36.4 Å². The molecule has 0 aliphatic heterocycles. The van der Waals surface area contributed by atoms with E-state index in [2.05, 4.69) is 18.0 Å². The molecule has 102 valence electrons. The van der Waals surface area contributed by atoms with Gasteiger partial charge in [0.1, 0.15) is 0 Å². The normalized spacial score (nSPS) is 10.5. The molecule has 20 heavy (non-hydrogen) atoms. The summed E-state index contributed by atoms with van der Waals surface area (Å²) in [6, 6.07) is 17.8. The molecule has 0 aliphatic rings. The molecule has 0 heterocycles. The molecule has 0 unspecified atom stereocenters. The van der Waals surface area contributed by atoms with Crippen LogP contribution in [0.15, 0.2) is 48.5 Å². The highest BCUT2D eigenvalue weighted by Gasteiger charge is 2.03. The number of nitriles is 1. The minimum Gasteiger partial charge on any atom is -0.392 e. The molecule has 0 saturated heterocycles. The van der Waals surface area contributed by atoms with Gasteiger partial charge in [-0.05, 0) is 35.9 Å². The number of aliphatic hydroxyl groups is 1. The predicted molar refractivity (Wildman–Crippen MR) is 78.7 cm³/mol. The topological polar surface area (TPSA) is 47.3 Å². The molecule has 3 nitrogen and oxygen atoms in total. The van der Waals surface area contributed by atoms with Gasteiger partial charge in [-0.15, -0.1) is 0 Å². The van der Waals surface area contributed by atoms with Gasteiger partial charge in [0.15, 0.2) is 0 Å². The third kappa shape index (κ3) is 3.92. The highest BCUT2D eigenvalue weighted by atomic mass is 16.3. The van der Waals surface area contributed by atoms with Crippen molar-refractivity contribution in [1.29, 1.82) is 5.26 Å². The first-order valence-electron chi connectivity index (χ1n) is 6.57. The maximum Gasteiger partial charge on any atom is 0.0991 e. The summed E-state index contributed by atoms with van der Waals surface area (Å²) in [7, 11) is 2.05. The van der Waals surface area contributed by atoms with Crippen molar-refractivity contribution in [2.24, 2.45) is 0 Å². The minimum atomic E-state index is 0.0804. The number of hydrogen-bond acceptors (Lipinski definition) is 3. The molecule has 1 N–H and O–H groups in total. The molecule has 2 aromatic rings. The average molecular weight is 266 g/mol. The van der Waals surface area contributed by atoms with E-state index in [0.717, 1.165) is 24.2 Å². The predicted octanol–water partition coefficient (Wildman–Crippen LogP) is 2.68. The molecule has 0 spiro atoms. The standard InChI is InChI=1S/C17H18N2O/c1-19(11-14-5-7-15(13-20)8-6-14)12-17-4-2-3-16(9-17)10-18/h2-9,20H,11-13H2,1H3. The zero-order valence-corrected chi connectivity index (χ0v) is 11.6. The van der Waals surface area contributed by atoms with Crippen LogP contribution >= 0.6 is 0 Å². The fourth-order valence-corrected chi connectivity index (χ4v) is 2.17. The van der Waals surface area contributed by atoms with Crippen molar-refractivity contribution in [3.8, 4) is 6.07 Å². The summed E-state index contributed by atoms with van der Waals surface area (Å²) in [5.74, 6) is 0. The van der Waals surface area contributed by atoms with Crippen LogP contribution in [0.3, 0.4) is 0 Å². The van der Waals surface area contributed by atoms with E-state index in [-0.39, 0.29) is 6.61 Å². The van der Waals surface area contributed by atoms with Crippen molar-refractivity contribution >= 4 is 0 Å². The van der Waals surface area contributed by atoms with Crippen molar-refractivity contribution in [2.75, 3.05) is 7.05 Å². The van der Waals surface area contributed by atoms with Gasteiger partial charge in [0.25, 0.3) is 0 Å². The number of aliphatic hydroxyl groups excluding tert-OH is 1. The van der Waals surface area contributed by atoms with Gasteiger partial charge >= 0.3 is 0 Å². The summed E-state index contributed by atoms with van der Waals surface area (Å²) < 4.78 is 0. The Bertz CT molecular complexity index is 599. The average Bonchev–Trinajstić information content (AvgIpc) is 2.48. The maximum absolute atomic E-state index is 9.02. The van der Waals surface area contributed by atoms with Gasteiger partial charge in [-0.2, -0.15) is 5.26 Å². The summed E-state index contributed by atoms with van der Waals surface area (Å²) in [5, 5.41) is 17.9. The van der Waals surface area contributed by atoms with E-state index in [1.807, 2.05) is 48.5 Å². The Hall–Kier alpha value is -2.15. The van der Waals surface area contributed by atoms with Crippen molar-refractivity contribution in [3.05, 3.63) is 70.8 Å². The molecule has 3 heteroatoms. The lowest BCUT2D eigenvalue weighted by molar-refractivity contribution is 0.281. The van der Waals surface area contributed by atoms with Crippen LogP contribution in [0.2, 0.25) is 0 Å². The van der Waals surface area contributed by atoms with E-state index in [0.29, 0.717) is 5.56 Å². The molecule has 0 aliphatic carbocycles. The van der Waals surface area contributed by atoms with Crippen LogP contribution in [-0.4, -0.2) is 17.1 Å². The molecule has 0 aromatic heterocycles. The van der Waals surface area contributed by atoms with Crippen LogP contribution < -0.4 is 0 Å². The molecule has 0 amide bonds. The fraction of sp³-hybridized carbons (Fsp3) is 0.235. The largest absolute Gasteiger partial charge is 0.392 e. The molecule has 0 radical (unpaired) electrons. The van der Waals surface area contributed by atoms with Crippen molar-refractivity contribution in [2.45, 2.75) is 19.7 Å². The molecular formula is C17H18N2O. The molecular weight excluding hydrogens is 248 g/mol. The Morgan fingerprint density at radius 3 is 2.30 bits per heavy atom. The van der Waals surface area contributed by atoms with Crippen LogP contribution in [0.25, 0.3) is 0 Å². The number of benzene rings is 2. The molecule has 2 rings (SSSR count). The van der Waals surface area contributed by atoms with Crippen LogP contribution in [0.4, 0.5) is 0 Å². The van der Waals surface area contributed by atoms with Crippen LogP contribution in [-0.2, 0) is 19.7 Å². The molecule has 0 bridgehead atoms. The summed E-state index contributed by atoms with van der Waals surface area (Å²) >= 11 is 0. The smallest absolute Gasteiger partial charge is 0.0991 e. The number of rotatable bonds is 5. The minimum absolute atomic E-state index is 0.0804. The summed E-state index contributed by atoms with van der Waals surface area (Å²) in [6.45, 7) is 1.72. The van der Waals surface area contributed by atoms with Crippen molar-refractivity contribution in [3.63, 3.8) is 0 Å². The Kier molecular flexibility index (Phi) is 4.89. The van der Waals surface area contributed by atoms with E-state index in [1.165, 1.54) is 5.56 Å². The third-order valence-corrected chi connectivity index (χ3v) is 3.17. The van der Waals surface area contributed by atoms with Gasteiger partial charge in [-0.3, -0.25) is 4.90 Å². The first-order chi connectivity index (χ1) is 9.71. The van der Waals surface area contributed by atoms with Gasteiger partial charge in [0, 0.05) is 13.1 Å². The maximum atomic E-state index is 9.02. The molecule has 0 fully saturated rings. The highest BCUT2D eigenvalue weighted by Crippen LogP contribution is 2.11. The Morgan fingerprint density at radius 1 is 1.00 bits per heavy atom. The zero-order valence-electron chi connectivity index (χ0n) is 11.6. The lowest BCUT2D eigenvalue weighted by Gasteiger charge is -2.17. The van der Waals surface area contributed by atoms with Gasteiger partial charge in [0.05, 0.1) is 18.2 Å². The van der Waals surface area contributed by atoms with E-state index >= 15 is 0 Å². The molecule has 0 saturated carbocycles. The fourth-order valence-electron chi connectivity index (χ4n) is 2.17. The second-order valence-corrected chi connectivity index (χ2v) is 4.96. The van der Waals surface area contributed by atoms with Crippen LogP contribution in [0.5, 0.6) is 0 Å². The lowest BCUT2D eigenvalue weighted by Crippen LogP contribution is -2.17. The molecule has 0 atom stereocenters. The van der Waals surface area contributed by atoms with E-state index in [4.69, 9.17) is 10.4 Å². The quantitative estimate of drug-likeness (QED) is 0.905. The third-order valence-electron chi connectivity index (χ3n) is 3.17. The summed E-state index contributed by atoms with van der Waals surface area (Å²) in [5.41, 5.74) is 3.97. The monoisotopic (exact) mass is 266 g/mol. The SMILES string of the molecule is CN(Cc1ccc(CO)cc1)Cc1cccc(C#N)c1. The van der Waals surface area contributed by atoms with Crippen molar-refractivity contribution < 1.29 is 5.11 Å². The van der Waals surface area contributed by atoms with Gasteiger partial charge < -0.3 is 5.11 Å². The van der Waals surface area contributed by atoms with E-state index in [1.54, 1.807) is 0 Å². The van der Waals surface area contributed by atoms with E-state index in [9.17, 15) is 0 Å². The van der Waals surface area contributed by atoms with Gasteiger partial charge in [-0.25, -0.2) is 0 Å². The Balaban J connectivity index is 1.97. The van der Waals surface area contributed by atoms with E-state index < -0.39 is 0 Å². The molecule has 2 aromatic carbocycles. The highest BCUT2D eigenvalue weighted by molar-refractivity contribution is 5.32. The summed E-state index contributed by atoms with van der Waals surface area (Å²) in [4.78, 5) is 2.20. The van der Waals surface area contributed by atoms with Crippen LogP contribution in [0, 0.1) is 11.3 Å².